The zero-order chi connectivity index (χ0) is 8.85. The number of likely N-dealkylation sites (N-methyl/N-ethyl adjacent to an activating group) is 1. The third-order valence-electron chi connectivity index (χ3n) is 1.87. The second-order valence-corrected chi connectivity index (χ2v) is 3.46. The van der Waals surface area contributed by atoms with Gasteiger partial charge in [0.2, 0.25) is 0 Å². The first-order valence-corrected chi connectivity index (χ1v) is 4.45. The molecule has 0 saturated carbocycles. The van der Waals surface area contributed by atoms with Crippen LogP contribution in [-0.4, -0.2) is 24.0 Å². The highest BCUT2D eigenvalue weighted by Crippen LogP contribution is 1.98. The molecule has 0 radical (unpaired) electrons. The van der Waals surface area contributed by atoms with Gasteiger partial charge >= 0.3 is 0 Å². The highest BCUT2D eigenvalue weighted by atomic mass is 15.1. The smallest absolute Gasteiger partial charge is 0.0168 e. The number of hydrogen-bond acceptors (Lipinski definition) is 1. The van der Waals surface area contributed by atoms with Gasteiger partial charge in [-0.15, -0.1) is 0 Å². The molecule has 0 heterocycles. The Bertz CT molecular complexity index is 121. The van der Waals surface area contributed by atoms with Crippen LogP contribution >= 0.6 is 0 Å². The van der Waals surface area contributed by atoms with Crippen molar-refractivity contribution in [1.82, 2.24) is 4.90 Å². The lowest BCUT2D eigenvalue weighted by atomic mass is 10.2. The van der Waals surface area contributed by atoms with Crippen LogP contribution in [0, 0.1) is 0 Å². The van der Waals surface area contributed by atoms with Gasteiger partial charge in [-0.25, -0.2) is 0 Å². The van der Waals surface area contributed by atoms with Crippen molar-refractivity contribution in [2.24, 2.45) is 0 Å². The quantitative estimate of drug-likeness (QED) is 0.564. The lowest BCUT2D eigenvalue weighted by Gasteiger charge is -2.22. The molecule has 0 rings (SSSR count). The van der Waals surface area contributed by atoms with Crippen LogP contribution in [0.15, 0.2) is 11.6 Å². The molecule has 0 aromatic heterocycles. The van der Waals surface area contributed by atoms with E-state index < -0.39 is 0 Å². The standard InChI is InChI=1S/C10H21N/c1-6-11(10(4)5)8-7-9(2)3/h7,10H,6,8H2,1-5H3. The van der Waals surface area contributed by atoms with E-state index in [1.54, 1.807) is 0 Å². The first-order chi connectivity index (χ1) is 5.07. The molecule has 1 nitrogen and oxygen atoms in total. The maximum absolute atomic E-state index is 2.44. The lowest BCUT2D eigenvalue weighted by molar-refractivity contribution is 0.259. The SMILES string of the molecule is CCN(CC=C(C)C)C(C)C. The van der Waals surface area contributed by atoms with Gasteiger partial charge in [0.05, 0.1) is 0 Å². The first kappa shape index (κ1) is 10.7. The number of rotatable bonds is 4. The maximum Gasteiger partial charge on any atom is 0.0168 e. The van der Waals surface area contributed by atoms with Crippen LogP contribution in [0.4, 0.5) is 0 Å². The number of nitrogens with zero attached hydrogens (tertiary/aromatic N) is 1. The molecule has 11 heavy (non-hydrogen) atoms. The molecule has 0 atom stereocenters. The molecule has 0 aromatic carbocycles. The van der Waals surface area contributed by atoms with Crippen LogP contribution in [0.2, 0.25) is 0 Å². The summed E-state index contributed by atoms with van der Waals surface area (Å²) in [4.78, 5) is 2.44. The largest absolute Gasteiger partial charge is 0.298 e. The molecular formula is C10H21N. The third-order valence-corrected chi connectivity index (χ3v) is 1.87. The molecule has 0 saturated heterocycles. The minimum atomic E-state index is 0.663. The van der Waals surface area contributed by atoms with Crippen molar-refractivity contribution in [3.8, 4) is 0 Å². The molecule has 0 aliphatic rings. The molecular weight excluding hydrogens is 134 g/mol. The summed E-state index contributed by atoms with van der Waals surface area (Å²) in [7, 11) is 0. The summed E-state index contributed by atoms with van der Waals surface area (Å²) < 4.78 is 0. The normalized spacial score (nSPS) is 10.8. The van der Waals surface area contributed by atoms with E-state index in [9.17, 15) is 0 Å². The van der Waals surface area contributed by atoms with E-state index in [0.717, 1.165) is 13.1 Å². The van der Waals surface area contributed by atoms with E-state index in [1.165, 1.54) is 5.57 Å². The fourth-order valence-electron chi connectivity index (χ4n) is 1.00. The van der Waals surface area contributed by atoms with E-state index in [1.807, 2.05) is 0 Å². The average molecular weight is 155 g/mol. The minimum absolute atomic E-state index is 0.663. The van der Waals surface area contributed by atoms with Crippen molar-refractivity contribution in [1.29, 1.82) is 0 Å². The molecule has 0 spiro atoms. The Balaban J connectivity index is 3.79. The average Bonchev–Trinajstić information content (AvgIpc) is 1.87. The molecule has 0 amide bonds. The Labute approximate surface area is 71.1 Å². The van der Waals surface area contributed by atoms with Crippen molar-refractivity contribution < 1.29 is 0 Å². The van der Waals surface area contributed by atoms with E-state index in [4.69, 9.17) is 0 Å². The second kappa shape index (κ2) is 5.36. The summed E-state index contributed by atoms with van der Waals surface area (Å²) >= 11 is 0. The molecule has 0 aliphatic carbocycles. The molecule has 1 heteroatoms. The fourth-order valence-corrected chi connectivity index (χ4v) is 1.00. The highest BCUT2D eigenvalue weighted by molar-refractivity contribution is 4.95. The first-order valence-electron chi connectivity index (χ1n) is 4.45. The molecule has 0 aliphatic heterocycles. The fraction of sp³-hybridized carbons (Fsp3) is 0.800. The van der Waals surface area contributed by atoms with Gasteiger partial charge in [-0.2, -0.15) is 0 Å². The molecule has 0 aromatic rings. The summed E-state index contributed by atoms with van der Waals surface area (Å²) in [6, 6.07) is 0.663. The predicted molar refractivity (Wildman–Crippen MR) is 51.8 cm³/mol. The van der Waals surface area contributed by atoms with Crippen molar-refractivity contribution >= 4 is 0 Å². The van der Waals surface area contributed by atoms with Gasteiger partial charge in [0.1, 0.15) is 0 Å². The number of allylic oxidation sites excluding steroid dienone is 1. The molecule has 0 fully saturated rings. The third kappa shape index (κ3) is 5.02. The zero-order valence-corrected chi connectivity index (χ0v) is 8.52. The summed E-state index contributed by atoms with van der Waals surface area (Å²) in [6.45, 7) is 13.2. The Kier molecular flexibility index (Phi) is 5.22. The Morgan fingerprint density at radius 2 is 1.91 bits per heavy atom. The van der Waals surface area contributed by atoms with Gasteiger partial charge in [0.25, 0.3) is 0 Å². The Morgan fingerprint density at radius 3 is 2.18 bits per heavy atom. The van der Waals surface area contributed by atoms with Gasteiger partial charge < -0.3 is 0 Å². The van der Waals surface area contributed by atoms with Crippen LogP contribution in [0.25, 0.3) is 0 Å². The highest BCUT2D eigenvalue weighted by Gasteiger charge is 2.03. The van der Waals surface area contributed by atoms with E-state index in [0.29, 0.717) is 6.04 Å². The minimum Gasteiger partial charge on any atom is -0.298 e. The molecule has 0 unspecified atom stereocenters. The summed E-state index contributed by atoms with van der Waals surface area (Å²) in [6.07, 6.45) is 2.28. The predicted octanol–water partition coefficient (Wildman–Crippen LogP) is 2.68. The van der Waals surface area contributed by atoms with Crippen molar-refractivity contribution in [3.63, 3.8) is 0 Å². The second-order valence-electron chi connectivity index (χ2n) is 3.46. The van der Waals surface area contributed by atoms with Crippen molar-refractivity contribution in [3.05, 3.63) is 11.6 Å². The lowest BCUT2D eigenvalue weighted by Crippen LogP contribution is -2.30. The van der Waals surface area contributed by atoms with Crippen LogP contribution in [0.1, 0.15) is 34.6 Å². The Morgan fingerprint density at radius 1 is 1.36 bits per heavy atom. The van der Waals surface area contributed by atoms with Gasteiger partial charge in [-0.05, 0) is 34.2 Å². The summed E-state index contributed by atoms with van der Waals surface area (Å²) in [5, 5.41) is 0. The summed E-state index contributed by atoms with van der Waals surface area (Å²) in [5.74, 6) is 0. The van der Waals surface area contributed by atoms with Gasteiger partial charge in [0, 0.05) is 12.6 Å². The van der Waals surface area contributed by atoms with Crippen molar-refractivity contribution in [2.75, 3.05) is 13.1 Å². The topological polar surface area (TPSA) is 3.24 Å². The van der Waals surface area contributed by atoms with Gasteiger partial charge in [-0.3, -0.25) is 4.90 Å². The van der Waals surface area contributed by atoms with E-state index >= 15 is 0 Å². The van der Waals surface area contributed by atoms with Crippen molar-refractivity contribution in [2.45, 2.75) is 40.7 Å². The van der Waals surface area contributed by atoms with E-state index in [2.05, 4.69) is 45.6 Å². The van der Waals surface area contributed by atoms with Crippen LogP contribution in [-0.2, 0) is 0 Å². The summed E-state index contributed by atoms with van der Waals surface area (Å²) in [5.41, 5.74) is 1.41. The van der Waals surface area contributed by atoms with Crippen LogP contribution in [0.5, 0.6) is 0 Å². The molecule has 0 bridgehead atoms. The van der Waals surface area contributed by atoms with Crippen LogP contribution in [0.3, 0.4) is 0 Å². The van der Waals surface area contributed by atoms with E-state index in [-0.39, 0.29) is 0 Å². The maximum atomic E-state index is 2.44. The monoisotopic (exact) mass is 155 g/mol. The van der Waals surface area contributed by atoms with Gasteiger partial charge in [0.15, 0.2) is 0 Å². The number of hydrogen-bond donors (Lipinski definition) is 0. The molecule has 0 N–H and O–H groups in total. The molecule has 66 valence electrons. The Hall–Kier alpha value is -0.300. The van der Waals surface area contributed by atoms with Gasteiger partial charge in [-0.1, -0.05) is 18.6 Å². The van der Waals surface area contributed by atoms with Crippen LogP contribution < -0.4 is 0 Å². The zero-order valence-electron chi connectivity index (χ0n) is 8.52.